The topological polar surface area (TPSA) is 81.3 Å². The van der Waals surface area contributed by atoms with E-state index in [0.29, 0.717) is 18.8 Å². The van der Waals surface area contributed by atoms with Crippen LogP contribution in [-0.2, 0) is 11.2 Å². The first-order chi connectivity index (χ1) is 9.33. The molecular weight excluding hydrogens is 256 g/mol. The summed E-state index contributed by atoms with van der Waals surface area (Å²) in [4.78, 5) is 22.4. The quantitative estimate of drug-likeness (QED) is 0.852. The van der Waals surface area contributed by atoms with E-state index in [1.165, 1.54) is 6.33 Å². The zero-order valence-electron chi connectivity index (χ0n) is 12.5. The fourth-order valence-electron chi connectivity index (χ4n) is 2.47. The van der Waals surface area contributed by atoms with Crippen molar-refractivity contribution in [1.82, 2.24) is 14.9 Å². The van der Waals surface area contributed by atoms with E-state index in [1.54, 1.807) is 4.90 Å². The monoisotopic (exact) mass is 278 g/mol. The third-order valence-corrected chi connectivity index (χ3v) is 3.32. The SMILES string of the molecule is CCC1c2ncnc(N)c2CCN1C(=O)OC(C)(C)C. The van der Waals surface area contributed by atoms with E-state index in [4.69, 9.17) is 10.5 Å². The van der Waals surface area contributed by atoms with Gasteiger partial charge in [-0.15, -0.1) is 0 Å². The van der Waals surface area contributed by atoms with Gasteiger partial charge in [0.25, 0.3) is 0 Å². The maximum Gasteiger partial charge on any atom is 0.410 e. The Hall–Kier alpha value is -1.85. The Labute approximate surface area is 119 Å². The summed E-state index contributed by atoms with van der Waals surface area (Å²) >= 11 is 0. The summed E-state index contributed by atoms with van der Waals surface area (Å²) < 4.78 is 5.47. The Morgan fingerprint density at radius 3 is 2.80 bits per heavy atom. The number of nitrogens with zero attached hydrogens (tertiary/aromatic N) is 3. The molecule has 1 unspecified atom stereocenters. The number of amides is 1. The molecule has 0 radical (unpaired) electrons. The van der Waals surface area contributed by atoms with Crippen LogP contribution in [0.5, 0.6) is 0 Å². The van der Waals surface area contributed by atoms with Crippen LogP contribution in [0.2, 0.25) is 0 Å². The van der Waals surface area contributed by atoms with Crippen molar-refractivity contribution in [3.05, 3.63) is 17.6 Å². The van der Waals surface area contributed by atoms with E-state index in [9.17, 15) is 4.79 Å². The van der Waals surface area contributed by atoms with Crippen molar-refractivity contribution in [2.75, 3.05) is 12.3 Å². The van der Waals surface area contributed by atoms with Crippen molar-refractivity contribution in [3.8, 4) is 0 Å². The van der Waals surface area contributed by atoms with Gasteiger partial charge in [0.1, 0.15) is 17.7 Å². The second-order valence-corrected chi connectivity index (χ2v) is 5.97. The molecule has 0 saturated heterocycles. The molecule has 1 aliphatic rings. The molecule has 2 heterocycles. The highest BCUT2D eigenvalue weighted by Crippen LogP contribution is 2.33. The van der Waals surface area contributed by atoms with Crippen LogP contribution in [0.4, 0.5) is 10.6 Å². The van der Waals surface area contributed by atoms with Crippen molar-refractivity contribution in [3.63, 3.8) is 0 Å². The zero-order chi connectivity index (χ0) is 14.9. The Bertz CT molecular complexity index is 510. The Morgan fingerprint density at radius 2 is 2.20 bits per heavy atom. The van der Waals surface area contributed by atoms with Crippen LogP contribution in [0.1, 0.15) is 51.4 Å². The van der Waals surface area contributed by atoms with Gasteiger partial charge in [-0.05, 0) is 33.6 Å². The zero-order valence-corrected chi connectivity index (χ0v) is 12.5. The number of hydrogen-bond acceptors (Lipinski definition) is 5. The average molecular weight is 278 g/mol. The van der Waals surface area contributed by atoms with E-state index in [2.05, 4.69) is 9.97 Å². The number of hydrogen-bond donors (Lipinski definition) is 1. The first-order valence-electron chi connectivity index (χ1n) is 6.92. The van der Waals surface area contributed by atoms with Crippen molar-refractivity contribution in [1.29, 1.82) is 0 Å². The molecule has 1 amide bonds. The van der Waals surface area contributed by atoms with Gasteiger partial charge in [0, 0.05) is 12.1 Å². The van der Waals surface area contributed by atoms with Gasteiger partial charge in [-0.3, -0.25) is 4.90 Å². The van der Waals surface area contributed by atoms with E-state index in [-0.39, 0.29) is 12.1 Å². The minimum absolute atomic E-state index is 0.0982. The smallest absolute Gasteiger partial charge is 0.410 e. The number of anilines is 1. The number of carbonyl (C=O) groups excluding carboxylic acids is 1. The summed E-state index contributed by atoms with van der Waals surface area (Å²) in [6.07, 6.45) is 2.59. The standard InChI is InChI=1S/C14H22N4O2/c1-5-10-11-9(12(15)17-8-16-11)6-7-18(10)13(19)20-14(2,3)4/h8,10H,5-7H2,1-4H3,(H2,15,16,17). The normalized spacial score (nSPS) is 18.6. The highest BCUT2D eigenvalue weighted by atomic mass is 16.6. The molecule has 20 heavy (non-hydrogen) atoms. The second-order valence-electron chi connectivity index (χ2n) is 5.97. The first-order valence-corrected chi connectivity index (χ1v) is 6.92. The number of rotatable bonds is 1. The molecule has 1 aromatic heterocycles. The summed E-state index contributed by atoms with van der Waals surface area (Å²) in [5.74, 6) is 0.511. The Morgan fingerprint density at radius 1 is 1.50 bits per heavy atom. The molecule has 2 rings (SSSR count). The predicted molar refractivity (Wildman–Crippen MR) is 76.1 cm³/mol. The largest absolute Gasteiger partial charge is 0.444 e. The van der Waals surface area contributed by atoms with Crippen molar-refractivity contribution in [2.45, 2.75) is 52.2 Å². The molecule has 6 heteroatoms. The summed E-state index contributed by atoms with van der Waals surface area (Å²) in [5, 5.41) is 0. The number of ether oxygens (including phenoxy) is 1. The minimum atomic E-state index is -0.500. The predicted octanol–water partition coefficient (Wildman–Crippen LogP) is 2.30. The van der Waals surface area contributed by atoms with Crippen molar-refractivity contribution < 1.29 is 9.53 Å². The third kappa shape index (κ3) is 2.84. The van der Waals surface area contributed by atoms with Gasteiger partial charge >= 0.3 is 6.09 Å². The number of nitrogens with two attached hydrogens (primary N) is 1. The molecule has 6 nitrogen and oxygen atoms in total. The van der Waals surface area contributed by atoms with Crippen LogP contribution < -0.4 is 5.73 Å². The lowest BCUT2D eigenvalue weighted by atomic mass is 9.97. The molecule has 0 aliphatic carbocycles. The molecule has 1 aliphatic heterocycles. The lowest BCUT2D eigenvalue weighted by Crippen LogP contribution is -2.43. The number of fused-ring (bicyclic) bond motifs is 1. The van der Waals surface area contributed by atoms with E-state index in [0.717, 1.165) is 17.7 Å². The summed E-state index contributed by atoms with van der Waals surface area (Å²) in [6.45, 7) is 8.20. The summed E-state index contributed by atoms with van der Waals surface area (Å²) in [6, 6.07) is -0.0982. The molecule has 0 bridgehead atoms. The maximum absolute atomic E-state index is 12.3. The van der Waals surface area contributed by atoms with Crippen molar-refractivity contribution in [2.24, 2.45) is 0 Å². The molecule has 0 spiro atoms. The molecule has 0 saturated carbocycles. The fourth-order valence-corrected chi connectivity index (χ4v) is 2.47. The average Bonchev–Trinajstić information content (AvgIpc) is 2.35. The highest BCUT2D eigenvalue weighted by molar-refractivity contribution is 5.69. The number of aromatic nitrogens is 2. The molecule has 0 aromatic carbocycles. The Kier molecular flexibility index (Phi) is 3.83. The fraction of sp³-hybridized carbons (Fsp3) is 0.643. The summed E-state index contributed by atoms with van der Waals surface area (Å²) in [5.41, 5.74) is 7.20. The lowest BCUT2D eigenvalue weighted by molar-refractivity contribution is 0.0132. The van der Waals surface area contributed by atoms with Crippen molar-refractivity contribution >= 4 is 11.9 Å². The molecule has 0 fully saturated rings. The van der Waals surface area contributed by atoms with Gasteiger partial charge in [0.15, 0.2) is 0 Å². The van der Waals surface area contributed by atoms with Gasteiger partial charge < -0.3 is 10.5 Å². The van der Waals surface area contributed by atoms with Gasteiger partial charge in [-0.25, -0.2) is 14.8 Å². The van der Waals surface area contributed by atoms with E-state index < -0.39 is 5.60 Å². The van der Waals surface area contributed by atoms with Gasteiger partial charge in [0.05, 0.1) is 11.7 Å². The van der Waals surface area contributed by atoms with Crippen LogP contribution in [-0.4, -0.2) is 33.1 Å². The van der Waals surface area contributed by atoms with Crippen LogP contribution >= 0.6 is 0 Å². The number of nitrogen functional groups attached to an aromatic ring is 1. The molecule has 1 atom stereocenters. The summed E-state index contributed by atoms with van der Waals surface area (Å²) in [7, 11) is 0. The highest BCUT2D eigenvalue weighted by Gasteiger charge is 2.34. The molecule has 1 aromatic rings. The second kappa shape index (κ2) is 5.26. The number of carbonyl (C=O) groups is 1. The van der Waals surface area contributed by atoms with Crippen LogP contribution in [0.25, 0.3) is 0 Å². The van der Waals surface area contributed by atoms with E-state index >= 15 is 0 Å². The van der Waals surface area contributed by atoms with Gasteiger partial charge in [0.2, 0.25) is 0 Å². The first kappa shape index (κ1) is 14.6. The molecule has 2 N–H and O–H groups in total. The Balaban J connectivity index is 2.28. The third-order valence-electron chi connectivity index (χ3n) is 3.32. The van der Waals surface area contributed by atoms with Gasteiger partial charge in [-0.2, -0.15) is 0 Å². The van der Waals surface area contributed by atoms with E-state index in [1.807, 2.05) is 27.7 Å². The molecular formula is C14H22N4O2. The molecule has 110 valence electrons. The van der Waals surface area contributed by atoms with Crippen LogP contribution in [0.3, 0.4) is 0 Å². The maximum atomic E-state index is 12.3. The van der Waals surface area contributed by atoms with Crippen LogP contribution in [0, 0.1) is 0 Å². The van der Waals surface area contributed by atoms with Crippen LogP contribution in [0.15, 0.2) is 6.33 Å². The lowest BCUT2D eigenvalue weighted by Gasteiger charge is -2.37. The van der Waals surface area contributed by atoms with Gasteiger partial charge in [-0.1, -0.05) is 6.92 Å². The minimum Gasteiger partial charge on any atom is -0.444 e.